The summed E-state index contributed by atoms with van der Waals surface area (Å²) >= 11 is 5.88. The number of halogens is 1. The van der Waals surface area contributed by atoms with E-state index in [0.29, 0.717) is 22.1 Å². The van der Waals surface area contributed by atoms with Crippen LogP contribution in [0.1, 0.15) is 15.9 Å². The standard InChI is InChI=1S/C16H15ClN2O4/c1-22-14-6-4-11(17)8-12(14)16(21)19-18-9-10-3-5-13(20)15(7-10)23-2/h3-9,20H,1-2H3,(H,19,21). The second kappa shape index (κ2) is 7.51. The first-order valence-electron chi connectivity index (χ1n) is 6.59. The van der Waals surface area contributed by atoms with Gasteiger partial charge in [0.15, 0.2) is 11.5 Å². The molecule has 0 saturated carbocycles. The quantitative estimate of drug-likeness (QED) is 0.651. The lowest BCUT2D eigenvalue weighted by atomic mass is 10.2. The molecule has 2 N–H and O–H groups in total. The van der Waals surface area contributed by atoms with E-state index in [9.17, 15) is 9.90 Å². The number of amides is 1. The van der Waals surface area contributed by atoms with Crippen molar-refractivity contribution in [3.63, 3.8) is 0 Å². The first-order valence-corrected chi connectivity index (χ1v) is 6.97. The molecule has 0 fully saturated rings. The van der Waals surface area contributed by atoms with Crippen LogP contribution >= 0.6 is 11.6 Å². The van der Waals surface area contributed by atoms with Crippen molar-refractivity contribution < 1.29 is 19.4 Å². The number of hydrazone groups is 1. The largest absolute Gasteiger partial charge is 0.504 e. The highest BCUT2D eigenvalue weighted by Gasteiger charge is 2.12. The van der Waals surface area contributed by atoms with Crippen molar-refractivity contribution in [2.45, 2.75) is 0 Å². The molecule has 0 aliphatic heterocycles. The number of rotatable bonds is 5. The molecule has 0 radical (unpaired) electrons. The van der Waals surface area contributed by atoms with Crippen LogP contribution in [0.2, 0.25) is 5.02 Å². The number of phenolic OH excluding ortho intramolecular Hbond substituents is 1. The topological polar surface area (TPSA) is 80.2 Å². The highest BCUT2D eigenvalue weighted by molar-refractivity contribution is 6.31. The molecule has 6 nitrogen and oxygen atoms in total. The van der Waals surface area contributed by atoms with E-state index in [4.69, 9.17) is 21.1 Å². The number of nitrogens with zero attached hydrogens (tertiary/aromatic N) is 1. The Morgan fingerprint density at radius 2 is 1.91 bits per heavy atom. The van der Waals surface area contributed by atoms with Gasteiger partial charge in [-0.2, -0.15) is 5.10 Å². The summed E-state index contributed by atoms with van der Waals surface area (Å²) in [5.41, 5.74) is 3.32. The van der Waals surface area contributed by atoms with Crippen molar-refractivity contribution in [1.29, 1.82) is 0 Å². The van der Waals surface area contributed by atoms with Crippen LogP contribution in [0.15, 0.2) is 41.5 Å². The number of phenols is 1. The second-order valence-corrected chi connectivity index (χ2v) is 4.91. The molecule has 0 heterocycles. The number of ether oxygens (including phenoxy) is 2. The summed E-state index contributed by atoms with van der Waals surface area (Å²) in [6.07, 6.45) is 1.43. The SMILES string of the molecule is COc1cc(C=NNC(=O)c2cc(Cl)ccc2OC)ccc1O. The number of carbonyl (C=O) groups is 1. The average molecular weight is 335 g/mol. The summed E-state index contributed by atoms with van der Waals surface area (Å²) < 4.78 is 10.1. The molecular formula is C16H15ClN2O4. The van der Waals surface area contributed by atoms with Gasteiger partial charge in [-0.25, -0.2) is 5.43 Å². The minimum atomic E-state index is -0.452. The lowest BCUT2D eigenvalue weighted by Gasteiger charge is -2.07. The fourth-order valence-electron chi connectivity index (χ4n) is 1.86. The zero-order valence-corrected chi connectivity index (χ0v) is 13.3. The summed E-state index contributed by atoms with van der Waals surface area (Å²) in [7, 11) is 2.91. The van der Waals surface area contributed by atoms with Crippen LogP contribution in [0.25, 0.3) is 0 Å². The number of hydrogen-bond acceptors (Lipinski definition) is 5. The van der Waals surface area contributed by atoms with Gasteiger partial charge in [0.2, 0.25) is 0 Å². The molecule has 1 amide bonds. The van der Waals surface area contributed by atoms with E-state index >= 15 is 0 Å². The van der Waals surface area contributed by atoms with Gasteiger partial charge in [0.25, 0.3) is 5.91 Å². The molecule has 2 aromatic rings. The van der Waals surface area contributed by atoms with Gasteiger partial charge in [-0.1, -0.05) is 11.6 Å². The predicted octanol–water partition coefficient (Wildman–Crippen LogP) is 2.83. The fourth-order valence-corrected chi connectivity index (χ4v) is 2.03. The second-order valence-electron chi connectivity index (χ2n) is 4.48. The Kier molecular flexibility index (Phi) is 5.43. The van der Waals surface area contributed by atoms with E-state index in [0.717, 1.165) is 0 Å². The molecule has 0 saturated heterocycles. The summed E-state index contributed by atoms with van der Waals surface area (Å²) in [6, 6.07) is 9.42. The van der Waals surface area contributed by atoms with Crippen molar-refractivity contribution in [2.24, 2.45) is 5.10 Å². The molecule has 0 bridgehead atoms. The molecule has 0 aliphatic rings. The molecule has 23 heavy (non-hydrogen) atoms. The lowest BCUT2D eigenvalue weighted by Crippen LogP contribution is -2.18. The molecule has 0 atom stereocenters. The number of methoxy groups -OCH3 is 2. The number of benzene rings is 2. The zero-order valence-electron chi connectivity index (χ0n) is 12.5. The third-order valence-corrected chi connectivity index (χ3v) is 3.22. The Labute approximate surface area is 138 Å². The Morgan fingerprint density at radius 1 is 1.17 bits per heavy atom. The summed E-state index contributed by atoms with van der Waals surface area (Å²) in [5.74, 6) is 0.286. The van der Waals surface area contributed by atoms with E-state index in [1.54, 1.807) is 24.3 Å². The molecule has 120 valence electrons. The Morgan fingerprint density at radius 3 is 2.61 bits per heavy atom. The number of aromatic hydroxyl groups is 1. The third kappa shape index (κ3) is 4.14. The van der Waals surface area contributed by atoms with Gasteiger partial charge in [0.1, 0.15) is 5.75 Å². The zero-order chi connectivity index (χ0) is 16.8. The third-order valence-electron chi connectivity index (χ3n) is 2.99. The molecule has 0 spiro atoms. The van der Waals surface area contributed by atoms with Crippen LogP contribution < -0.4 is 14.9 Å². The van der Waals surface area contributed by atoms with Gasteiger partial charge in [-0.3, -0.25) is 4.79 Å². The van der Waals surface area contributed by atoms with E-state index in [2.05, 4.69) is 10.5 Å². The molecule has 0 aromatic heterocycles. The van der Waals surface area contributed by atoms with Gasteiger partial charge in [-0.05, 0) is 42.0 Å². The smallest absolute Gasteiger partial charge is 0.275 e. The maximum absolute atomic E-state index is 12.1. The highest BCUT2D eigenvalue weighted by atomic mass is 35.5. The first kappa shape index (κ1) is 16.6. The Hall–Kier alpha value is -2.73. The monoisotopic (exact) mass is 334 g/mol. The van der Waals surface area contributed by atoms with E-state index in [1.807, 2.05) is 0 Å². The fraction of sp³-hybridized carbons (Fsp3) is 0.125. The predicted molar refractivity (Wildman–Crippen MR) is 87.7 cm³/mol. The molecular weight excluding hydrogens is 320 g/mol. The van der Waals surface area contributed by atoms with Crippen molar-refractivity contribution >= 4 is 23.7 Å². The normalized spacial score (nSPS) is 10.6. The van der Waals surface area contributed by atoms with Gasteiger partial charge in [0.05, 0.1) is 26.0 Å². The summed E-state index contributed by atoms with van der Waals surface area (Å²) in [6.45, 7) is 0. The summed E-state index contributed by atoms with van der Waals surface area (Å²) in [4.78, 5) is 12.1. The van der Waals surface area contributed by atoms with Crippen LogP contribution in [-0.4, -0.2) is 31.4 Å². The molecule has 0 unspecified atom stereocenters. The molecule has 0 aliphatic carbocycles. The van der Waals surface area contributed by atoms with Gasteiger partial charge >= 0.3 is 0 Å². The number of carbonyl (C=O) groups excluding carboxylic acids is 1. The number of hydrogen-bond donors (Lipinski definition) is 2. The van der Waals surface area contributed by atoms with Gasteiger partial charge in [-0.15, -0.1) is 0 Å². The van der Waals surface area contributed by atoms with Crippen LogP contribution in [0.3, 0.4) is 0 Å². The van der Waals surface area contributed by atoms with Crippen molar-refractivity contribution in [1.82, 2.24) is 5.43 Å². The molecule has 2 rings (SSSR count). The average Bonchev–Trinajstić information content (AvgIpc) is 2.56. The van der Waals surface area contributed by atoms with E-state index in [1.165, 1.54) is 32.6 Å². The van der Waals surface area contributed by atoms with Crippen molar-refractivity contribution in [3.05, 3.63) is 52.5 Å². The lowest BCUT2D eigenvalue weighted by molar-refractivity contribution is 0.0952. The number of nitrogens with one attached hydrogen (secondary N) is 1. The maximum Gasteiger partial charge on any atom is 0.275 e. The Balaban J connectivity index is 2.11. The van der Waals surface area contributed by atoms with Crippen LogP contribution in [0.5, 0.6) is 17.2 Å². The van der Waals surface area contributed by atoms with Crippen LogP contribution in [-0.2, 0) is 0 Å². The van der Waals surface area contributed by atoms with Crippen molar-refractivity contribution in [2.75, 3.05) is 14.2 Å². The van der Waals surface area contributed by atoms with Crippen LogP contribution in [0.4, 0.5) is 0 Å². The summed E-state index contributed by atoms with van der Waals surface area (Å²) in [5, 5.41) is 13.8. The van der Waals surface area contributed by atoms with Gasteiger partial charge < -0.3 is 14.6 Å². The van der Waals surface area contributed by atoms with E-state index in [-0.39, 0.29) is 11.3 Å². The molecule has 2 aromatic carbocycles. The minimum Gasteiger partial charge on any atom is -0.504 e. The first-order chi connectivity index (χ1) is 11.0. The van der Waals surface area contributed by atoms with E-state index < -0.39 is 5.91 Å². The molecule has 7 heteroatoms. The van der Waals surface area contributed by atoms with Crippen LogP contribution in [0, 0.1) is 0 Å². The van der Waals surface area contributed by atoms with Gasteiger partial charge in [0, 0.05) is 5.02 Å². The highest BCUT2D eigenvalue weighted by Crippen LogP contribution is 2.25. The maximum atomic E-state index is 12.1. The Bertz CT molecular complexity index is 747. The minimum absolute atomic E-state index is 0.0253. The van der Waals surface area contributed by atoms with Crippen molar-refractivity contribution in [3.8, 4) is 17.2 Å².